The van der Waals surface area contributed by atoms with E-state index in [4.69, 9.17) is 0 Å². The van der Waals surface area contributed by atoms with Crippen LogP contribution in [0.5, 0.6) is 0 Å². The van der Waals surface area contributed by atoms with E-state index in [-0.39, 0.29) is 18.9 Å². The van der Waals surface area contributed by atoms with Crippen LogP contribution >= 0.6 is 11.8 Å². The first-order valence-electron chi connectivity index (χ1n) is 6.72. The summed E-state index contributed by atoms with van der Waals surface area (Å²) in [6.45, 7) is 0. The third-order valence-electron chi connectivity index (χ3n) is 3.59. The molecule has 0 aliphatic heterocycles. The van der Waals surface area contributed by atoms with Gasteiger partial charge in [-0.25, -0.2) is 0 Å². The molecule has 2 atom stereocenters. The maximum atomic E-state index is 12.7. The third-order valence-corrected chi connectivity index (χ3v) is 4.31. The van der Waals surface area contributed by atoms with Gasteiger partial charge in [0.2, 0.25) is 0 Å². The Morgan fingerprint density at radius 1 is 1.10 bits per heavy atom. The van der Waals surface area contributed by atoms with E-state index in [9.17, 15) is 22.0 Å². The van der Waals surface area contributed by atoms with Gasteiger partial charge in [-0.15, -0.1) is 0 Å². The van der Waals surface area contributed by atoms with Crippen LogP contribution in [0.3, 0.4) is 0 Å². The van der Waals surface area contributed by atoms with Gasteiger partial charge >= 0.3 is 6.18 Å². The largest absolute Gasteiger partial charge is 0.391 e. The highest BCUT2D eigenvalue weighted by Crippen LogP contribution is 2.38. The highest BCUT2D eigenvalue weighted by Gasteiger charge is 2.42. The van der Waals surface area contributed by atoms with Crippen LogP contribution in [0.1, 0.15) is 25.7 Å². The molecule has 1 saturated carbocycles. The second-order valence-corrected chi connectivity index (χ2v) is 6.21. The van der Waals surface area contributed by atoms with E-state index in [1.54, 1.807) is 24.3 Å². The lowest BCUT2D eigenvalue weighted by atomic mass is 9.85. The van der Waals surface area contributed by atoms with Crippen LogP contribution in [0.15, 0.2) is 29.2 Å². The van der Waals surface area contributed by atoms with Crippen LogP contribution in [-0.4, -0.2) is 18.0 Å². The second kappa shape index (κ2) is 6.85. The second-order valence-electron chi connectivity index (χ2n) is 5.15. The molecule has 1 aromatic rings. The van der Waals surface area contributed by atoms with Crippen molar-refractivity contribution in [2.24, 2.45) is 5.92 Å². The average molecular weight is 325 g/mol. The Morgan fingerprint density at radius 3 is 2.33 bits per heavy atom. The zero-order valence-corrected chi connectivity index (χ0v) is 12.0. The van der Waals surface area contributed by atoms with Gasteiger partial charge < -0.3 is 5.32 Å². The van der Waals surface area contributed by atoms with Gasteiger partial charge in [0.05, 0.1) is 5.92 Å². The topological polar surface area (TPSA) is 12.0 Å². The number of rotatable bonds is 4. The van der Waals surface area contributed by atoms with E-state index < -0.39 is 17.9 Å². The number of hydrogen-bond acceptors (Lipinski definition) is 2. The van der Waals surface area contributed by atoms with Crippen LogP contribution in [0.4, 0.5) is 27.6 Å². The van der Waals surface area contributed by atoms with Crippen molar-refractivity contribution >= 4 is 17.4 Å². The van der Waals surface area contributed by atoms with Gasteiger partial charge in [-0.3, -0.25) is 0 Å². The summed E-state index contributed by atoms with van der Waals surface area (Å²) >= 11 is 0.447. The van der Waals surface area contributed by atoms with E-state index in [0.717, 1.165) is 0 Å². The Hall–Kier alpha value is -0.980. The summed E-state index contributed by atoms with van der Waals surface area (Å²) in [6, 6.07) is 6.12. The number of anilines is 1. The van der Waals surface area contributed by atoms with E-state index in [1.807, 2.05) is 0 Å². The van der Waals surface area contributed by atoms with Crippen molar-refractivity contribution in [3.8, 4) is 0 Å². The van der Waals surface area contributed by atoms with Gasteiger partial charge in [0.1, 0.15) is 0 Å². The molecule has 0 heterocycles. The molecule has 0 radical (unpaired) electrons. The van der Waals surface area contributed by atoms with Gasteiger partial charge in [-0.05, 0) is 43.5 Å². The minimum absolute atomic E-state index is 0.0665. The molecule has 7 heteroatoms. The van der Waals surface area contributed by atoms with Crippen molar-refractivity contribution in [3.63, 3.8) is 0 Å². The normalized spacial score (nSPS) is 23.3. The molecule has 0 spiro atoms. The zero-order valence-electron chi connectivity index (χ0n) is 11.2. The van der Waals surface area contributed by atoms with Gasteiger partial charge in [0.15, 0.2) is 0 Å². The maximum Gasteiger partial charge on any atom is 0.391 e. The summed E-state index contributed by atoms with van der Waals surface area (Å²) in [5.74, 6) is -3.73. The molecule has 0 bridgehead atoms. The standard InChI is InChI=1S/C14H16F5NS/c15-13(16)21-12-6-4-10(5-7-12)20-11-3-1-2-9(8-11)14(17,18)19/h4-7,9,11,13,20H,1-3,8H2. The lowest BCUT2D eigenvalue weighted by Gasteiger charge is -2.31. The van der Waals surface area contributed by atoms with Crippen LogP contribution in [0, 0.1) is 5.92 Å². The molecule has 2 unspecified atom stereocenters. The minimum Gasteiger partial charge on any atom is -0.382 e. The molecule has 1 nitrogen and oxygen atoms in total. The fourth-order valence-electron chi connectivity index (χ4n) is 2.59. The van der Waals surface area contributed by atoms with Gasteiger partial charge in [0.25, 0.3) is 5.76 Å². The van der Waals surface area contributed by atoms with Crippen molar-refractivity contribution in [1.29, 1.82) is 0 Å². The molecule has 21 heavy (non-hydrogen) atoms. The van der Waals surface area contributed by atoms with Crippen molar-refractivity contribution in [1.82, 2.24) is 0 Å². The first-order chi connectivity index (χ1) is 9.84. The van der Waals surface area contributed by atoms with Crippen LogP contribution < -0.4 is 5.32 Å². The first-order valence-corrected chi connectivity index (χ1v) is 7.60. The number of benzene rings is 1. The number of halogens is 5. The Kier molecular flexibility index (Phi) is 5.35. The molecular weight excluding hydrogens is 309 g/mol. The van der Waals surface area contributed by atoms with E-state index in [0.29, 0.717) is 35.2 Å². The zero-order chi connectivity index (χ0) is 15.5. The average Bonchev–Trinajstić information content (AvgIpc) is 2.40. The lowest BCUT2D eigenvalue weighted by molar-refractivity contribution is -0.182. The molecule has 1 aliphatic carbocycles. The minimum atomic E-state index is -4.14. The fraction of sp³-hybridized carbons (Fsp3) is 0.571. The SMILES string of the molecule is FC(F)Sc1ccc(NC2CCCC(C(F)(F)F)C2)cc1. The number of nitrogens with one attached hydrogen (secondary N) is 1. The van der Waals surface area contributed by atoms with Gasteiger partial charge in [-0.2, -0.15) is 22.0 Å². The van der Waals surface area contributed by atoms with E-state index in [1.165, 1.54) is 0 Å². The van der Waals surface area contributed by atoms with Gasteiger partial charge in [-0.1, -0.05) is 18.2 Å². The number of hydrogen-bond donors (Lipinski definition) is 1. The fourth-order valence-corrected chi connectivity index (χ4v) is 3.09. The summed E-state index contributed by atoms with van der Waals surface area (Å²) in [5.41, 5.74) is 0.668. The molecule has 0 aromatic heterocycles. The third kappa shape index (κ3) is 5.05. The molecule has 1 aromatic carbocycles. The van der Waals surface area contributed by atoms with Crippen molar-refractivity contribution in [2.75, 3.05) is 5.32 Å². The predicted molar refractivity (Wildman–Crippen MR) is 73.7 cm³/mol. The highest BCUT2D eigenvalue weighted by atomic mass is 32.2. The Bertz CT molecular complexity index is 446. The molecule has 1 fully saturated rings. The first kappa shape index (κ1) is 16.4. The van der Waals surface area contributed by atoms with Crippen molar-refractivity contribution < 1.29 is 22.0 Å². The summed E-state index contributed by atoms with van der Waals surface area (Å²) in [7, 11) is 0. The van der Waals surface area contributed by atoms with Crippen molar-refractivity contribution in [2.45, 2.75) is 48.6 Å². The monoisotopic (exact) mass is 325 g/mol. The Balaban J connectivity index is 1.92. The van der Waals surface area contributed by atoms with E-state index >= 15 is 0 Å². The molecule has 2 rings (SSSR count). The van der Waals surface area contributed by atoms with Crippen molar-refractivity contribution in [3.05, 3.63) is 24.3 Å². The molecule has 1 aliphatic rings. The van der Waals surface area contributed by atoms with E-state index in [2.05, 4.69) is 5.32 Å². The highest BCUT2D eigenvalue weighted by molar-refractivity contribution is 7.99. The Morgan fingerprint density at radius 2 is 1.76 bits per heavy atom. The molecule has 1 N–H and O–H groups in total. The predicted octanol–water partition coefficient (Wildman–Crippen LogP) is 5.53. The Labute approximate surface area is 124 Å². The molecule has 0 saturated heterocycles. The lowest BCUT2D eigenvalue weighted by Crippen LogP contribution is -2.34. The number of alkyl halides is 5. The van der Waals surface area contributed by atoms with Gasteiger partial charge in [0, 0.05) is 16.6 Å². The van der Waals surface area contributed by atoms with Crippen LogP contribution in [0.25, 0.3) is 0 Å². The summed E-state index contributed by atoms with van der Waals surface area (Å²) in [4.78, 5) is 0.437. The summed E-state index contributed by atoms with van der Waals surface area (Å²) in [6.07, 6.45) is -2.65. The smallest absolute Gasteiger partial charge is 0.382 e. The molecular formula is C14H16F5NS. The number of thioether (sulfide) groups is 1. The van der Waals surface area contributed by atoms with Crippen LogP contribution in [0.2, 0.25) is 0 Å². The summed E-state index contributed by atoms with van der Waals surface area (Å²) < 4.78 is 62.6. The summed E-state index contributed by atoms with van der Waals surface area (Å²) in [5, 5.41) is 3.07. The van der Waals surface area contributed by atoms with Crippen LogP contribution in [-0.2, 0) is 0 Å². The maximum absolute atomic E-state index is 12.7. The quantitative estimate of drug-likeness (QED) is 0.576. The molecule has 0 amide bonds. The molecule has 118 valence electrons.